The van der Waals surface area contributed by atoms with Gasteiger partial charge in [-0.3, -0.25) is 9.78 Å². The molecule has 5 aromatic rings. The zero-order chi connectivity index (χ0) is 25.5. The number of amides is 1. The normalized spacial score (nSPS) is 11.3. The number of carbonyl (C=O) groups is 1. The number of nitrogens with one attached hydrogen (secondary N) is 1. The number of hydrogen-bond acceptors (Lipinski definition) is 6. The molecule has 0 atom stereocenters. The number of carbonyl (C=O) groups excluding carboxylic acids is 1. The molecule has 37 heavy (non-hydrogen) atoms. The van der Waals surface area contributed by atoms with E-state index in [0.717, 1.165) is 58.3 Å². The van der Waals surface area contributed by atoms with E-state index < -0.39 is 0 Å². The second-order valence-electron chi connectivity index (χ2n) is 8.73. The van der Waals surface area contributed by atoms with Gasteiger partial charge >= 0.3 is 0 Å². The van der Waals surface area contributed by atoms with E-state index in [-0.39, 0.29) is 5.91 Å². The second-order valence-corrected chi connectivity index (χ2v) is 10.2. The third-order valence-corrected chi connectivity index (χ3v) is 7.20. The van der Waals surface area contributed by atoms with Gasteiger partial charge in [0.1, 0.15) is 5.52 Å². The monoisotopic (exact) mass is 530 g/mol. The van der Waals surface area contributed by atoms with Crippen LogP contribution in [0.4, 0.5) is 0 Å². The topological polar surface area (TPSA) is 85.6 Å². The highest BCUT2D eigenvalue weighted by atomic mass is 35.5. The minimum atomic E-state index is 0.0748. The lowest BCUT2D eigenvalue weighted by molar-refractivity contribution is -0.121. The van der Waals surface area contributed by atoms with Crippen LogP contribution in [0, 0.1) is 0 Å². The quantitative estimate of drug-likeness (QED) is 0.174. The van der Waals surface area contributed by atoms with Crippen molar-refractivity contribution in [3.63, 3.8) is 0 Å². The molecule has 1 amide bonds. The smallest absolute Gasteiger partial charge is 0.220 e. The van der Waals surface area contributed by atoms with Gasteiger partial charge in [0.25, 0.3) is 0 Å². The van der Waals surface area contributed by atoms with Crippen molar-refractivity contribution >= 4 is 51.3 Å². The lowest BCUT2D eigenvalue weighted by Gasteiger charge is -2.08. The number of pyridine rings is 1. The van der Waals surface area contributed by atoms with Crippen LogP contribution in [0.3, 0.4) is 0 Å². The van der Waals surface area contributed by atoms with E-state index in [1.807, 2.05) is 48.5 Å². The number of rotatable bonds is 11. The maximum atomic E-state index is 12.1. The molecular formula is C28H27ClN6OS. The summed E-state index contributed by atoms with van der Waals surface area (Å²) in [6, 6.07) is 21.8. The van der Waals surface area contributed by atoms with Crippen LogP contribution in [0.15, 0.2) is 78.1 Å². The highest BCUT2D eigenvalue weighted by Gasteiger charge is 2.15. The molecule has 1 N–H and O–H groups in total. The van der Waals surface area contributed by atoms with Gasteiger partial charge in [0.15, 0.2) is 5.65 Å². The van der Waals surface area contributed by atoms with Gasteiger partial charge in [0.05, 0.1) is 5.52 Å². The molecule has 0 saturated carbocycles. The minimum Gasteiger partial charge on any atom is -0.356 e. The summed E-state index contributed by atoms with van der Waals surface area (Å²) in [5, 5.41) is 14.3. The Hall–Kier alpha value is -3.49. The molecular weight excluding hydrogens is 504 g/mol. The maximum Gasteiger partial charge on any atom is 0.220 e. The lowest BCUT2D eigenvalue weighted by atomic mass is 10.2. The molecule has 0 bridgehead atoms. The van der Waals surface area contributed by atoms with E-state index in [9.17, 15) is 4.79 Å². The molecule has 0 unspecified atom stereocenters. The van der Waals surface area contributed by atoms with Gasteiger partial charge < -0.3 is 9.88 Å². The summed E-state index contributed by atoms with van der Waals surface area (Å²) in [4.78, 5) is 21.3. The first-order chi connectivity index (χ1) is 18.2. The Morgan fingerprint density at radius 1 is 1.00 bits per heavy atom. The first-order valence-electron chi connectivity index (χ1n) is 12.3. The number of fused-ring (bicyclic) bond motifs is 3. The van der Waals surface area contributed by atoms with Crippen molar-refractivity contribution in [1.82, 2.24) is 30.0 Å². The number of nitrogens with zero attached hydrogens (tertiary/aromatic N) is 5. The van der Waals surface area contributed by atoms with Crippen LogP contribution < -0.4 is 5.32 Å². The average Bonchev–Trinajstić information content (AvgIpc) is 3.22. The van der Waals surface area contributed by atoms with Crippen molar-refractivity contribution in [3.05, 3.63) is 89.2 Å². The Kier molecular flexibility index (Phi) is 8.28. The van der Waals surface area contributed by atoms with Gasteiger partial charge in [-0.05, 0) is 48.7 Å². The average molecular weight is 531 g/mol. The molecule has 0 aliphatic carbocycles. The standard InChI is InChI=1S/C28H27ClN6OS/c29-21-9-7-8-20(18-21)19-35-24-12-2-1-11-23(24)26-27(35)32-28(34-33-26)37-17-6-4-13-25(36)31-16-14-22-10-3-5-15-30-22/h1-3,5,7-12,15,18H,4,6,13-14,16-17,19H2,(H,31,36). The highest BCUT2D eigenvalue weighted by molar-refractivity contribution is 7.99. The SMILES string of the molecule is O=C(CCCCSc1nnc2c3ccccc3n(Cc3cccc(Cl)c3)c2n1)NCCc1ccccn1. The van der Waals surface area contributed by atoms with Crippen LogP contribution >= 0.6 is 23.4 Å². The van der Waals surface area contributed by atoms with Gasteiger partial charge in [0, 0.05) is 54.0 Å². The van der Waals surface area contributed by atoms with Crippen LogP contribution in [-0.4, -0.2) is 42.9 Å². The number of thioether (sulfide) groups is 1. The van der Waals surface area contributed by atoms with E-state index >= 15 is 0 Å². The predicted molar refractivity (Wildman–Crippen MR) is 149 cm³/mol. The number of aromatic nitrogens is 5. The van der Waals surface area contributed by atoms with E-state index in [1.54, 1.807) is 18.0 Å². The van der Waals surface area contributed by atoms with E-state index in [0.29, 0.717) is 29.7 Å². The third kappa shape index (κ3) is 6.45. The molecule has 0 spiro atoms. The Labute approximate surface area is 224 Å². The Morgan fingerprint density at radius 3 is 2.76 bits per heavy atom. The van der Waals surface area contributed by atoms with Crippen molar-refractivity contribution in [3.8, 4) is 0 Å². The van der Waals surface area contributed by atoms with Crippen molar-refractivity contribution in [1.29, 1.82) is 0 Å². The summed E-state index contributed by atoms with van der Waals surface area (Å²) >= 11 is 7.79. The Balaban J connectivity index is 1.17. The molecule has 0 aliphatic heterocycles. The number of benzene rings is 2. The summed E-state index contributed by atoms with van der Waals surface area (Å²) in [6.45, 7) is 1.25. The fourth-order valence-electron chi connectivity index (χ4n) is 4.24. The van der Waals surface area contributed by atoms with Crippen molar-refractivity contribution in [2.75, 3.05) is 12.3 Å². The predicted octanol–water partition coefficient (Wildman–Crippen LogP) is 5.70. The van der Waals surface area contributed by atoms with E-state index in [2.05, 4.69) is 43.3 Å². The van der Waals surface area contributed by atoms with Crippen LogP contribution in [-0.2, 0) is 17.8 Å². The van der Waals surface area contributed by atoms with Crippen molar-refractivity contribution in [2.45, 2.75) is 37.4 Å². The Morgan fingerprint density at radius 2 is 1.89 bits per heavy atom. The first-order valence-corrected chi connectivity index (χ1v) is 13.7. The molecule has 5 rings (SSSR count). The van der Waals surface area contributed by atoms with Gasteiger partial charge in [-0.15, -0.1) is 10.2 Å². The van der Waals surface area contributed by atoms with Crippen LogP contribution in [0.1, 0.15) is 30.5 Å². The minimum absolute atomic E-state index is 0.0748. The van der Waals surface area contributed by atoms with Gasteiger partial charge in [0.2, 0.25) is 11.1 Å². The van der Waals surface area contributed by atoms with Crippen LogP contribution in [0.25, 0.3) is 22.1 Å². The molecule has 0 aliphatic rings. The number of halogens is 1. The Bertz CT molecular complexity index is 1510. The summed E-state index contributed by atoms with van der Waals surface area (Å²) in [5.41, 5.74) is 4.75. The summed E-state index contributed by atoms with van der Waals surface area (Å²) in [5.74, 6) is 0.897. The van der Waals surface area contributed by atoms with E-state index in [4.69, 9.17) is 16.6 Å². The molecule has 188 valence electrons. The third-order valence-electron chi connectivity index (χ3n) is 6.04. The van der Waals surface area contributed by atoms with Gasteiger partial charge in [-0.2, -0.15) is 0 Å². The highest BCUT2D eigenvalue weighted by Crippen LogP contribution is 2.28. The molecule has 3 aromatic heterocycles. The van der Waals surface area contributed by atoms with Crippen molar-refractivity contribution < 1.29 is 4.79 Å². The second kappa shape index (κ2) is 12.2. The molecule has 3 heterocycles. The van der Waals surface area contributed by atoms with Crippen LogP contribution in [0.2, 0.25) is 5.02 Å². The van der Waals surface area contributed by atoms with Gasteiger partial charge in [-0.25, -0.2) is 4.98 Å². The van der Waals surface area contributed by atoms with Gasteiger partial charge in [-0.1, -0.05) is 59.8 Å². The zero-order valence-corrected chi connectivity index (χ0v) is 21.9. The molecule has 0 fully saturated rings. The van der Waals surface area contributed by atoms with E-state index in [1.165, 1.54) is 0 Å². The first kappa shape index (κ1) is 25.2. The molecule has 0 saturated heterocycles. The van der Waals surface area contributed by atoms with Crippen molar-refractivity contribution in [2.24, 2.45) is 0 Å². The van der Waals surface area contributed by atoms with Crippen LogP contribution in [0.5, 0.6) is 0 Å². The molecule has 0 radical (unpaired) electrons. The number of hydrogen-bond donors (Lipinski definition) is 1. The molecule has 2 aromatic carbocycles. The summed E-state index contributed by atoms with van der Waals surface area (Å²) < 4.78 is 2.17. The fourth-order valence-corrected chi connectivity index (χ4v) is 5.24. The largest absolute Gasteiger partial charge is 0.356 e. The summed E-state index contributed by atoms with van der Waals surface area (Å²) in [7, 11) is 0. The maximum absolute atomic E-state index is 12.1. The molecule has 9 heteroatoms. The lowest BCUT2D eigenvalue weighted by Crippen LogP contribution is -2.25. The fraction of sp³-hybridized carbons (Fsp3) is 0.250. The summed E-state index contributed by atoms with van der Waals surface area (Å²) in [6.07, 6.45) is 4.72. The molecule has 7 nitrogen and oxygen atoms in total. The number of para-hydroxylation sites is 1. The number of unbranched alkanes of at least 4 members (excludes halogenated alkanes) is 1. The zero-order valence-electron chi connectivity index (χ0n) is 20.3.